The second-order valence-electron chi connectivity index (χ2n) is 23.3. The Morgan fingerprint density at radius 1 is 0.613 bits per heavy atom. The number of benzene rings is 3. The van der Waals surface area contributed by atoms with Gasteiger partial charge in [-0.1, -0.05) is 46.0 Å². The molecular formula is C62H84N16O15. The van der Waals surface area contributed by atoms with Crippen LogP contribution in [-0.2, 0) is 65.0 Å². The van der Waals surface area contributed by atoms with E-state index in [0.29, 0.717) is 34.1 Å². The Labute approximate surface area is 537 Å². The smallest absolute Gasteiger partial charge is 0.255 e. The van der Waals surface area contributed by atoms with Crippen molar-refractivity contribution >= 4 is 35.0 Å². The van der Waals surface area contributed by atoms with Crippen molar-refractivity contribution in [3.63, 3.8) is 0 Å². The van der Waals surface area contributed by atoms with Gasteiger partial charge in [0.2, 0.25) is 17.7 Å². The van der Waals surface area contributed by atoms with Crippen molar-refractivity contribution in [1.29, 1.82) is 0 Å². The van der Waals surface area contributed by atoms with Crippen molar-refractivity contribution < 1.29 is 73.5 Å². The molecule has 4 aliphatic heterocycles. The molecule has 0 aliphatic carbocycles. The third kappa shape index (κ3) is 14.5. The monoisotopic (exact) mass is 1290 g/mol. The van der Waals surface area contributed by atoms with Crippen LogP contribution in [0.4, 0.5) is 11.4 Å². The summed E-state index contributed by atoms with van der Waals surface area (Å²) >= 11 is 0. The second-order valence-corrected chi connectivity index (χ2v) is 23.3. The molecule has 0 radical (unpaired) electrons. The summed E-state index contributed by atoms with van der Waals surface area (Å²) in [6, 6.07) is 18.0. The van der Waals surface area contributed by atoms with Crippen LogP contribution < -0.4 is 30.5 Å². The number of aliphatic hydroxyl groups is 6. The molecule has 31 nitrogen and oxygen atoms in total. The number of anilines is 2. The largest absolute Gasteiger partial charge is 0.456 e. The summed E-state index contributed by atoms with van der Waals surface area (Å²) in [5, 5.41) is 96.7. The van der Waals surface area contributed by atoms with E-state index in [2.05, 4.69) is 121 Å². The van der Waals surface area contributed by atoms with Crippen LogP contribution in [0.2, 0.25) is 0 Å². The highest BCUT2D eigenvalue weighted by Crippen LogP contribution is 2.58. The lowest BCUT2D eigenvalue weighted by molar-refractivity contribution is -0.219. The van der Waals surface area contributed by atoms with Gasteiger partial charge in [0.25, 0.3) is 5.91 Å². The zero-order chi connectivity index (χ0) is 66.1. The maximum Gasteiger partial charge on any atom is 0.255 e. The average molecular weight is 1290 g/mol. The van der Waals surface area contributed by atoms with Crippen LogP contribution in [0.3, 0.4) is 0 Å². The molecular weight excluding hydrogens is 1210 g/mol. The molecule has 10 atom stereocenters. The number of hydrogen-bond donors (Lipinski definition) is 9. The van der Waals surface area contributed by atoms with Crippen LogP contribution in [-0.4, -0.2) is 237 Å². The third-order valence-electron chi connectivity index (χ3n) is 17.3. The molecule has 0 bridgehead atoms. The lowest BCUT2D eigenvalue weighted by atomic mass is 9.74. The number of hydrogen-bond acceptors (Lipinski definition) is 24. The normalized spacial score (nSPS) is 22.9. The Kier molecular flexibility index (Phi) is 22.1. The van der Waals surface area contributed by atoms with Gasteiger partial charge in [-0.3, -0.25) is 28.8 Å². The molecule has 4 amide bonds. The Balaban J connectivity index is 0.741. The highest BCUT2D eigenvalue weighted by atomic mass is 16.6. The highest BCUT2D eigenvalue weighted by molar-refractivity contribution is 6.02. The average Bonchev–Trinajstić information content (AvgIpc) is 1.58. The van der Waals surface area contributed by atoms with Crippen LogP contribution >= 0.6 is 0 Å². The van der Waals surface area contributed by atoms with Gasteiger partial charge in [-0.05, 0) is 51.5 Å². The fraction of sp³-hybridized carbons (Fsp3) is 0.548. The summed E-state index contributed by atoms with van der Waals surface area (Å²) in [6.07, 6.45) is -6.16. The van der Waals surface area contributed by atoms with E-state index >= 15 is 0 Å². The number of aliphatic hydroxyl groups excluding tert-OH is 6. The zero-order valence-electron chi connectivity index (χ0n) is 53.0. The van der Waals surface area contributed by atoms with Crippen LogP contribution in [0.15, 0.2) is 79.3 Å². The van der Waals surface area contributed by atoms with E-state index in [1.54, 1.807) is 6.20 Å². The fourth-order valence-corrected chi connectivity index (χ4v) is 12.8. The van der Waals surface area contributed by atoms with Crippen molar-refractivity contribution in [3.8, 4) is 11.5 Å². The molecule has 9 N–H and O–H groups in total. The molecule has 502 valence electrons. The van der Waals surface area contributed by atoms with E-state index in [1.807, 2.05) is 34.1 Å². The predicted octanol–water partition coefficient (Wildman–Crippen LogP) is -0.319. The Morgan fingerprint density at radius 3 is 1.61 bits per heavy atom. The highest BCUT2D eigenvalue weighted by Gasteiger charge is 2.56. The summed E-state index contributed by atoms with van der Waals surface area (Å²) in [7, 11) is 0. The number of rotatable bonds is 30. The minimum absolute atomic E-state index is 0.0573. The predicted molar refractivity (Wildman–Crippen MR) is 331 cm³/mol. The molecule has 3 aromatic carbocycles. The molecule has 31 heteroatoms. The Hall–Kier alpha value is -8.08. The van der Waals surface area contributed by atoms with E-state index < -0.39 is 91.7 Å². The van der Waals surface area contributed by atoms with E-state index in [9.17, 15) is 49.8 Å². The van der Waals surface area contributed by atoms with E-state index in [4.69, 9.17) is 23.7 Å². The number of carbonyl (C=O) groups is 4. The topological polar surface area (TPSA) is 377 Å². The Morgan fingerprint density at radius 2 is 1.11 bits per heavy atom. The molecule has 2 saturated heterocycles. The summed E-state index contributed by atoms with van der Waals surface area (Å²) in [5.74, 6) is -0.000595. The van der Waals surface area contributed by atoms with Gasteiger partial charge in [0.1, 0.15) is 65.7 Å². The van der Waals surface area contributed by atoms with Crippen molar-refractivity contribution in [2.24, 2.45) is 0 Å². The number of nitrogens with zero attached hydrogens (tertiary/aromatic N) is 13. The molecule has 2 unspecified atom stereocenters. The molecule has 10 rings (SSSR count). The van der Waals surface area contributed by atoms with Gasteiger partial charge in [0.05, 0.1) is 75.7 Å². The molecule has 2 fully saturated rings. The maximum atomic E-state index is 14.7. The number of amides is 4. The molecule has 4 aliphatic rings. The number of aryl methyl sites for hydroxylation is 1. The minimum Gasteiger partial charge on any atom is -0.456 e. The first kappa shape index (κ1) is 67.8. The first-order valence-corrected chi connectivity index (χ1v) is 31.5. The van der Waals surface area contributed by atoms with Gasteiger partial charge >= 0.3 is 0 Å². The van der Waals surface area contributed by atoms with E-state index in [0.717, 1.165) is 54.2 Å². The lowest BCUT2D eigenvalue weighted by Crippen LogP contribution is -2.62. The Bertz CT molecular complexity index is 3370. The van der Waals surface area contributed by atoms with Crippen LogP contribution in [0, 0.1) is 0 Å². The SMILES string of the molecule is CCN(CC)c1ccc2c(c1)Oc1cc(N(CC)CC)ccc1C21c2ccccc2C(=O)N1CCOCCOCCNC(=O)CCn1cc(CN(Cc2cn(C3O[C@H](CO)[C@H](O)[C@@H](O)[C@H]3NC(C)=O)nn2)Cc2cn(C3O[C@H](CO)[C@H](O)[C@@H](O)[C@H]3NC(C)=O)nn2)nn1. The van der Waals surface area contributed by atoms with Gasteiger partial charge < -0.3 is 85.0 Å². The minimum atomic E-state index is -1.54. The van der Waals surface area contributed by atoms with Crippen molar-refractivity contribution in [3.05, 3.63) is 119 Å². The van der Waals surface area contributed by atoms with Crippen LogP contribution in [0.25, 0.3) is 0 Å². The number of nitrogens with one attached hydrogen (secondary N) is 3. The summed E-state index contributed by atoms with van der Waals surface area (Å²) < 4.78 is 34.7. The van der Waals surface area contributed by atoms with Gasteiger partial charge in [0, 0.05) is 126 Å². The molecule has 1 spiro atoms. The molecule has 7 heterocycles. The number of aromatic nitrogens is 9. The van der Waals surface area contributed by atoms with E-state index in [-0.39, 0.29) is 83.9 Å². The van der Waals surface area contributed by atoms with Gasteiger partial charge in [-0.15, -0.1) is 15.3 Å². The third-order valence-corrected chi connectivity index (χ3v) is 17.3. The number of ether oxygens (including phenoxy) is 5. The van der Waals surface area contributed by atoms with Gasteiger partial charge in [-0.2, -0.15) is 0 Å². The molecule has 6 aromatic rings. The summed E-state index contributed by atoms with van der Waals surface area (Å²) in [4.78, 5) is 60.4. The second kappa shape index (κ2) is 30.3. The maximum absolute atomic E-state index is 14.7. The van der Waals surface area contributed by atoms with Crippen molar-refractivity contribution in [2.45, 2.75) is 141 Å². The van der Waals surface area contributed by atoms with Crippen LogP contribution in [0.5, 0.6) is 11.5 Å². The summed E-state index contributed by atoms with van der Waals surface area (Å²) in [6.45, 7) is 14.8. The first-order valence-electron chi connectivity index (χ1n) is 31.5. The van der Waals surface area contributed by atoms with Gasteiger partial charge in [-0.25, -0.2) is 9.36 Å². The van der Waals surface area contributed by atoms with Crippen molar-refractivity contribution in [1.82, 2.24) is 70.7 Å². The first-order chi connectivity index (χ1) is 44.9. The number of fused-ring (bicyclic) bond motifs is 6. The molecule has 0 saturated carbocycles. The quantitative estimate of drug-likeness (QED) is 0.0261. The molecule has 3 aromatic heterocycles. The van der Waals surface area contributed by atoms with Crippen molar-refractivity contribution in [2.75, 3.05) is 88.7 Å². The number of carbonyl (C=O) groups excluding carboxylic acids is 4. The molecule has 93 heavy (non-hydrogen) atoms. The van der Waals surface area contributed by atoms with Gasteiger partial charge in [0.15, 0.2) is 12.5 Å². The van der Waals surface area contributed by atoms with E-state index in [1.165, 1.54) is 40.3 Å². The lowest BCUT2D eigenvalue weighted by Gasteiger charge is -2.44. The zero-order valence-corrected chi connectivity index (χ0v) is 53.0. The standard InChI is InChI=1S/C62H84N16O15/c1-7-73(8-2)42-15-17-46-48(27-42)91-49-28-43(74(9-3)10-4)16-18-47(49)62(46)45-14-12-11-13-44(45)59(88)76(62)22-24-90-26-25-89-23-20-63-52(83)19-21-75-32-39(66-69-75)29-72(30-40-33-77(70-67-40)60-53(64-37(5)81)57(86)55(84)50(35-79)92-60)31-41-34-78(71-68-41)61-54(65-38(6)82)58(87)56(85)51(36-80)93-61/h11-18,27-28,32-34,50-51,53-58,60-61,79-80,84-87H,7-10,19-26,29-31,35-36H2,1-6H3,(H,63,83)(H,64,81)(H,65,82)/t50-,51-,53-,54-,55+,56+,57+,58+,60?,61?/m1/s1. The van der Waals surface area contributed by atoms with Crippen LogP contribution in [0.1, 0.15) is 105 Å². The summed E-state index contributed by atoms with van der Waals surface area (Å²) in [5.41, 5.74) is 5.53. The fourth-order valence-electron chi connectivity index (χ4n) is 12.8.